The first-order valence-electron chi connectivity index (χ1n) is 10.2. The van der Waals surface area contributed by atoms with E-state index in [1.165, 1.54) is 0 Å². The minimum Gasteiger partial charge on any atom is -0.490 e. The van der Waals surface area contributed by atoms with Gasteiger partial charge in [0, 0.05) is 22.2 Å². The predicted octanol–water partition coefficient (Wildman–Crippen LogP) is 4.87. The maximum atomic E-state index is 6.24. The van der Waals surface area contributed by atoms with Crippen LogP contribution in [0.25, 0.3) is 21.8 Å². The second kappa shape index (κ2) is 7.58. The molecule has 1 aliphatic rings. The van der Waals surface area contributed by atoms with Crippen molar-refractivity contribution in [1.82, 2.24) is 9.97 Å². The monoisotopic (exact) mass is 400 g/mol. The molecule has 3 heterocycles. The average Bonchev–Trinajstić information content (AvgIpc) is 2.73. The van der Waals surface area contributed by atoms with E-state index < -0.39 is 0 Å². The van der Waals surface area contributed by atoms with E-state index in [1.807, 2.05) is 50.2 Å². The Bertz CT molecular complexity index is 1130. The fourth-order valence-electron chi connectivity index (χ4n) is 3.73. The summed E-state index contributed by atoms with van der Waals surface area (Å²) in [6.45, 7) is 6.23. The molecule has 5 nitrogen and oxygen atoms in total. The summed E-state index contributed by atoms with van der Waals surface area (Å²) in [7, 11) is 0. The van der Waals surface area contributed by atoms with Crippen LogP contribution in [-0.2, 0) is 4.74 Å². The number of ether oxygens (including phenoxy) is 3. The van der Waals surface area contributed by atoms with Gasteiger partial charge in [-0.2, -0.15) is 0 Å². The normalized spacial score (nSPS) is 15.1. The third kappa shape index (κ3) is 3.57. The van der Waals surface area contributed by atoms with Gasteiger partial charge in [-0.3, -0.25) is 0 Å². The highest BCUT2D eigenvalue weighted by atomic mass is 16.5. The van der Waals surface area contributed by atoms with Crippen LogP contribution in [0.1, 0.15) is 11.4 Å². The zero-order valence-corrected chi connectivity index (χ0v) is 17.2. The smallest absolute Gasteiger partial charge is 0.145 e. The van der Waals surface area contributed by atoms with Crippen molar-refractivity contribution in [3.63, 3.8) is 0 Å². The fraction of sp³-hybridized carbons (Fsp3) is 0.280. The van der Waals surface area contributed by atoms with Crippen LogP contribution in [-0.4, -0.2) is 36.4 Å². The molecule has 2 aromatic heterocycles. The highest BCUT2D eigenvalue weighted by molar-refractivity contribution is 5.85. The lowest BCUT2D eigenvalue weighted by atomic mass is 9.88. The number of para-hydroxylation sites is 2. The van der Waals surface area contributed by atoms with Gasteiger partial charge >= 0.3 is 0 Å². The molecule has 0 saturated carbocycles. The molecule has 0 N–H and O–H groups in total. The molecular formula is C25H24N2O3. The largest absolute Gasteiger partial charge is 0.490 e. The molecule has 1 aliphatic heterocycles. The molecule has 0 bridgehead atoms. The number of benzene rings is 2. The molecule has 2 aromatic carbocycles. The van der Waals surface area contributed by atoms with E-state index in [4.69, 9.17) is 14.2 Å². The maximum absolute atomic E-state index is 6.24. The standard InChI is InChI=1S/C25H24N2O3/c1-17-9-11-19-5-3-7-21(23(19)26-17)29-15-25(13-28-14-25)16-30-22-8-4-6-20-12-10-18(2)27-24(20)22/h3-12H,13-16H2,1-2H3. The number of pyridine rings is 2. The lowest BCUT2D eigenvalue weighted by Crippen LogP contribution is -2.51. The SMILES string of the molecule is Cc1ccc2cccc(OCC3(COc4cccc5ccc(C)nc45)COC3)c2n1. The number of nitrogens with zero attached hydrogens (tertiary/aromatic N) is 2. The van der Waals surface area contributed by atoms with Crippen LogP contribution in [0.4, 0.5) is 0 Å². The van der Waals surface area contributed by atoms with Crippen molar-refractivity contribution in [1.29, 1.82) is 0 Å². The van der Waals surface area contributed by atoms with E-state index in [2.05, 4.69) is 34.2 Å². The van der Waals surface area contributed by atoms with Crippen molar-refractivity contribution in [3.8, 4) is 11.5 Å². The molecule has 4 aromatic rings. The van der Waals surface area contributed by atoms with Gasteiger partial charge in [0.1, 0.15) is 35.7 Å². The van der Waals surface area contributed by atoms with E-state index in [0.29, 0.717) is 26.4 Å². The second-order valence-corrected chi connectivity index (χ2v) is 8.13. The van der Waals surface area contributed by atoms with Gasteiger partial charge in [0.2, 0.25) is 0 Å². The van der Waals surface area contributed by atoms with Gasteiger partial charge in [0.25, 0.3) is 0 Å². The number of rotatable bonds is 6. The maximum Gasteiger partial charge on any atom is 0.145 e. The summed E-state index contributed by atoms with van der Waals surface area (Å²) in [6, 6.07) is 20.2. The first-order valence-corrected chi connectivity index (χ1v) is 10.2. The lowest BCUT2D eigenvalue weighted by Gasteiger charge is -2.40. The lowest BCUT2D eigenvalue weighted by molar-refractivity contribution is -0.148. The Kier molecular flexibility index (Phi) is 4.75. The molecule has 5 heteroatoms. The summed E-state index contributed by atoms with van der Waals surface area (Å²) in [5.74, 6) is 1.59. The van der Waals surface area contributed by atoms with Crippen LogP contribution in [0, 0.1) is 19.3 Å². The van der Waals surface area contributed by atoms with Crippen LogP contribution in [0.5, 0.6) is 11.5 Å². The van der Waals surface area contributed by atoms with Gasteiger partial charge in [-0.05, 0) is 38.1 Å². The summed E-state index contributed by atoms with van der Waals surface area (Å²) < 4.78 is 18.0. The third-order valence-electron chi connectivity index (χ3n) is 5.53. The van der Waals surface area contributed by atoms with Crippen molar-refractivity contribution in [2.45, 2.75) is 13.8 Å². The topological polar surface area (TPSA) is 53.5 Å². The number of aromatic nitrogens is 2. The number of hydrogen-bond donors (Lipinski definition) is 0. The van der Waals surface area contributed by atoms with E-state index in [-0.39, 0.29) is 5.41 Å². The first-order chi connectivity index (χ1) is 14.6. The zero-order chi connectivity index (χ0) is 20.6. The Morgan fingerprint density at radius 1 is 0.733 bits per heavy atom. The molecule has 0 atom stereocenters. The Morgan fingerprint density at radius 2 is 1.23 bits per heavy atom. The van der Waals surface area contributed by atoms with E-state index >= 15 is 0 Å². The second-order valence-electron chi connectivity index (χ2n) is 8.13. The Morgan fingerprint density at radius 3 is 1.67 bits per heavy atom. The van der Waals surface area contributed by atoms with Crippen LogP contribution < -0.4 is 9.47 Å². The molecule has 0 unspecified atom stereocenters. The molecule has 152 valence electrons. The quantitative estimate of drug-likeness (QED) is 0.462. The van der Waals surface area contributed by atoms with Crippen LogP contribution in [0.2, 0.25) is 0 Å². The molecule has 30 heavy (non-hydrogen) atoms. The molecule has 0 radical (unpaired) electrons. The van der Waals surface area contributed by atoms with Gasteiger partial charge in [-0.1, -0.05) is 36.4 Å². The van der Waals surface area contributed by atoms with Gasteiger partial charge in [-0.25, -0.2) is 9.97 Å². The number of fused-ring (bicyclic) bond motifs is 2. The van der Waals surface area contributed by atoms with Crippen molar-refractivity contribution >= 4 is 21.8 Å². The van der Waals surface area contributed by atoms with Gasteiger partial charge < -0.3 is 14.2 Å². The predicted molar refractivity (Wildman–Crippen MR) is 117 cm³/mol. The van der Waals surface area contributed by atoms with Gasteiger partial charge in [-0.15, -0.1) is 0 Å². The van der Waals surface area contributed by atoms with Crippen LogP contribution in [0.3, 0.4) is 0 Å². The van der Waals surface area contributed by atoms with Gasteiger partial charge in [0.05, 0.1) is 18.6 Å². The Balaban J connectivity index is 1.34. The fourth-order valence-corrected chi connectivity index (χ4v) is 3.73. The number of hydrogen-bond acceptors (Lipinski definition) is 5. The van der Waals surface area contributed by atoms with Crippen molar-refractivity contribution in [3.05, 3.63) is 72.1 Å². The minimum absolute atomic E-state index is 0.183. The zero-order valence-electron chi connectivity index (χ0n) is 17.2. The molecule has 0 amide bonds. The van der Waals surface area contributed by atoms with Crippen LogP contribution in [0.15, 0.2) is 60.7 Å². The summed E-state index contributed by atoms with van der Waals surface area (Å²) in [5.41, 5.74) is 3.55. The Labute approximate surface area is 175 Å². The molecule has 1 fully saturated rings. The summed E-state index contributed by atoms with van der Waals surface area (Å²) in [4.78, 5) is 9.32. The highest BCUT2D eigenvalue weighted by Crippen LogP contribution is 2.33. The number of aryl methyl sites for hydroxylation is 2. The van der Waals surface area contributed by atoms with E-state index in [1.54, 1.807) is 0 Å². The van der Waals surface area contributed by atoms with E-state index in [0.717, 1.165) is 44.7 Å². The highest BCUT2D eigenvalue weighted by Gasteiger charge is 2.41. The summed E-state index contributed by atoms with van der Waals surface area (Å²) >= 11 is 0. The van der Waals surface area contributed by atoms with Crippen LogP contribution >= 0.6 is 0 Å². The third-order valence-corrected chi connectivity index (χ3v) is 5.53. The van der Waals surface area contributed by atoms with Crippen molar-refractivity contribution < 1.29 is 14.2 Å². The first kappa shape index (κ1) is 18.8. The molecule has 0 spiro atoms. The molecular weight excluding hydrogens is 376 g/mol. The van der Waals surface area contributed by atoms with E-state index in [9.17, 15) is 0 Å². The molecule has 5 rings (SSSR count). The average molecular weight is 400 g/mol. The van der Waals surface area contributed by atoms with Crippen molar-refractivity contribution in [2.75, 3.05) is 26.4 Å². The Hall–Kier alpha value is -3.18. The summed E-state index contributed by atoms with van der Waals surface area (Å²) in [6.07, 6.45) is 0. The molecule has 0 aliphatic carbocycles. The minimum atomic E-state index is -0.183. The van der Waals surface area contributed by atoms with Crippen molar-refractivity contribution in [2.24, 2.45) is 5.41 Å². The molecule has 1 saturated heterocycles. The summed E-state index contributed by atoms with van der Waals surface area (Å²) in [5, 5.41) is 2.15. The van der Waals surface area contributed by atoms with Gasteiger partial charge in [0.15, 0.2) is 0 Å².